The van der Waals surface area contributed by atoms with E-state index in [0.717, 1.165) is 19.3 Å². The predicted molar refractivity (Wildman–Crippen MR) is 62.9 cm³/mol. The molecule has 0 heterocycles. The molecule has 75 valence electrons. The fraction of sp³-hybridized carbons (Fsp3) is 0.429. The van der Waals surface area contributed by atoms with Crippen molar-refractivity contribution in [2.75, 3.05) is 0 Å². The van der Waals surface area contributed by atoms with E-state index in [1.807, 2.05) is 0 Å². The van der Waals surface area contributed by atoms with E-state index < -0.39 is 0 Å². The van der Waals surface area contributed by atoms with E-state index in [4.69, 9.17) is 0 Å². The molecule has 0 aromatic heterocycles. The molecular weight excluding hydrogens is 168 g/mol. The van der Waals surface area contributed by atoms with Gasteiger partial charge in [0.1, 0.15) is 0 Å². The van der Waals surface area contributed by atoms with Gasteiger partial charge in [-0.15, -0.1) is 0 Å². The Bertz CT molecular complexity index is 228. The van der Waals surface area contributed by atoms with Crippen LogP contribution in [0.4, 0.5) is 0 Å². The molecule has 0 bridgehead atoms. The van der Waals surface area contributed by atoms with Gasteiger partial charge in [0.05, 0.1) is 0 Å². The second-order valence-electron chi connectivity index (χ2n) is 3.44. The Kier molecular flexibility index (Phi) is 6.74. The molecule has 1 aliphatic rings. The minimum absolute atomic E-state index is 1.06. The summed E-state index contributed by atoms with van der Waals surface area (Å²) in [7, 11) is 0. The van der Waals surface area contributed by atoms with Crippen LogP contribution in [-0.4, -0.2) is 0 Å². The van der Waals surface area contributed by atoms with Crippen molar-refractivity contribution < 1.29 is 0 Å². The van der Waals surface area contributed by atoms with Crippen molar-refractivity contribution in [3.8, 4) is 0 Å². The third-order valence-corrected chi connectivity index (χ3v) is 2.14. The lowest BCUT2D eigenvalue weighted by Crippen LogP contribution is -1.72. The Morgan fingerprint density at radius 1 is 0.786 bits per heavy atom. The van der Waals surface area contributed by atoms with Gasteiger partial charge in [-0.25, -0.2) is 0 Å². The van der Waals surface area contributed by atoms with Crippen LogP contribution in [0.5, 0.6) is 0 Å². The summed E-state index contributed by atoms with van der Waals surface area (Å²) in [4.78, 5) is 0. The molecule has 1 radical (unpaired) electrons. The molecule has 0 nitrogen and oxygen atoms in total. The summed E-state index contributed by atoms with van der Waals surface area (Å²) in [6.45, 7) is 0. The predicted octanol–water partition coefficient (Wildman–Crippen LogP) is 4.37. The van der Waals surface area contributed by atoms with Gasteiger partial charge in [0.25, 0.3) is 0 Å². The highest BCUT2D eigenvalue weighted by Gasteiger charge is 1.82. The second-order valence-corrected chi connectivity index (χ2v) is 3.44. The number of hydrogen-bond donors (Lipinski definition) is 0. The lowest BCUT2D eigenvalue weighted by atomic mass is 10.2. The lowest BCUT2D eigenvalue weighted by Gasteiger charge is -1.91. The Morgan fingerprint density at radius 2 is 1.71 bits per heavy atom. The van der Waals surface area contributed by atoms with Gasteiger partial charge >= 0.3 is 0 Å². The third-order valence-electron chi connectivity index (χ3n) is 2.14. The number of hydrogen-bond acceptors (Lipinski definition) is 0. The van der Waals surface area contributed by atoms with Crippen molar-refractivity contribution in [2.24, 2.45) is 0 Å². The maximum atomic E-state index is 3.31. The topological polar surface area (TPSA) is 0 Å². The summed E-state index contributed by atoms with van der Waals surface area (Å²) >= 11 is 0. The molecule has 14 heavy (non-hydrogen) atoms. The number of rotatable bonds is 0. The monoisotopic (exact) mass is 187 g/mol. The molecule has 0 unspecified atom stereocenters. The van der Waals surface area contributed by atoms with E-state index in [1.165, 1.54) is 19.3 Å². The van der Waals surface area contributed by atoms with E-state index in [9.17, 15) is 0 Å². The normalized spacial score (nSPS) is 19.4. The molecule has 0 N–H and O–H groups in total. The Labute approximate surface area is 87.7 Å². The van der Waals surface area contributed by atoms with Crippen molar-refractivity contribution in [2.45, 2.75) is 38.5 Å². The zero-order valence-electron chi connectivity index (χ0n) is 8.78. The molecule has 0 aromatic rings. The molecule has 0 fully saturated rings. The maximum absolute atomic E-state index is 3.31. The van der Waals surface area contributed by atoms with Gasteiger partial charge in [0.2, 0.25) is 0 Å². The smallest absolute Gasteiger partial charge is 0.0166 e. The molecule has 1 rings (SSSR count). The maximum Gasteiger partial charge on any atom is -0.0166 e. The second kappa shape index (κ2) is 8.55. The average molecular weight is 187 g/mol. The standard InChI is InChI=1S/C14H19/c1-2-4-6-8-10-12-14-13-11-9-7-5-3-1/h1-4,7,9,12H,5-6,8,11,13-14H2. The third kappa shape index (κ3) is 6.47. The van der Waals surface area contributed by atoms with Crippen molar-refractivity contribution >= 4 is 0 Å². The minimum atomic E-state index is 1.06. The fourth-order valence-electron chi connectivity index (χ4n) is 1.33. The van der Waals surface area contributed by atoms with E-state index in [-0.39, 0.29) is 0 Å². The van der Waals surface area contributed by atoms with Crippen LogP contribution >= 0.6 is 0 Å². The van der Waals surface area contributed by atoms with E-state index >= 15 is 0 Å². The first-order chi connectivity index (χ1) is 7.00. The minimum Gasteiger partial charge on any atom is -0.0882 e. The summed E-state index contributed by atoms with van der Waals surface area (Å²) in [6.07, 6.45) is 25.5. The molecule has 0 saturated heterocycles. The van der Waals surface area contributed by atoms with Crippen LogP contribution < -0.4 is 0 Å². The van der Waals surface area contributed by atoms with E-state index in [2.05, 4.69) is 48.6 Å². The zero-order valence-corrected chi connectivity index (χ0v) is 8.78. The first-order valence-electron chi connectivity index (χ1n) is 5.52. The van der Waals surface area contributed by atoms with Gasteiger partial charge in [-0.2, -0.15) is 0 Å². The van der Waals surface area contributed by atoms with Gasteiger partial charge in [-0.1, -0.05) is 42.5 Å². The summed E-state index contributed by atoms with van der Waals surface area (Å²) in [5.74, 6) is 0. The van der Waals surface area contributed by atoms with Crippen LogP contribution in [0.3, 0.4) is 0 Å². The Balaban J connectivity index is 2.35. The molecule has 0 spiro atoms. The highest BCUT2D eigenvalue weighted by molar-refractivity contribution is 5.05. The Morgan fingerprint density at radius 3 is 2.71 bits per heavy atom. The van der Waals surface area contributed by atoms with Crippen LogP contribution in [0.25, 0.3) is 0 Å². The van der Waals surface area contributed by atoms with Crippen LogP contribution in [0.1, 0.15) is 38.5 Å². The molecule has 0 heteroatoms. The van der Waals surface area contributed by atoms with Crippen molar-refractivity contribution in [1.29, 1.82) is 0 Å². The van der Waals surface area contributed by atoms with Gasteiger partial charge in [-0.05, 0) is 44.6 Å². The highest BCUT2D eigenvalue weighted by Crippen LogP contribution is 2.01. The fourth-order valence-corrected chi connectivity index (χ4v) is 1.33. The molecule has 0 aliphatic heterocycles. The molecule has 0 atom stereocenters. The summed E-state index contributed by atoms with van der Waals surface area (Å²) in [6, 6.07) is 0. The molecule has 1 aliphatic carbocycles. The summed E-state index contributed by atoms with van der Waals surface area (Å²) in [5, 5.41) is 0. The van der Waals surface area contributed by atoms with Gasteiger partial charge in [0.15, 0.2) is 0 Å². The van der Waals surface area contributed by atoms with Crippen molar-refractivity contribution in [1.82, 2.24) is 0 Å². The van der Waals surface area contributed by atoms with Crippen molar-refractivity contribution in [3.63, 3.8) is 0 Å². The molecule has 0 saturated carbocycles. The SMILES string of the molecule is [C]1=CCCCC=CCC=CC=CCC1. The summed E-state index contributed by atoms with van der Waals surface area (Å²) < 4.78 is 0. The van der Waals surface area contributed by atoms with Gasteiger partial charge in [-0.3, -0.25) is 0 Å². The van der Waals surface area contributed by atoms with Crippen LogP contribution in [0.15, 0.2) is 42.5 Å². The molecule has 0 amide bonds. The quantitative estimate of drug-likeness (QED) is 0.494. The molecular formula is C14H19. The molecule has 0 aromatic carbocycles. The highest BCUT2D eigenvalue weighted by atomic mass is 13.9. The first kappa shape index (κ1) is 11.0. The van der Waals surface area contributed by atoms with Crippen LogP contribution in [0.2, 0.25) is 0 Å². The summed E-state index contributed by atoms with van der Waals surface area (Å²) in [5.41, 5.74) is 0. The van der Waals surface area contributed by atoms with Crippen LogP contribution in [0, 0.1) is 6.08 Å². The largest absolute Gasteiger partial charge is 0.0882 e. The van der Waals surface area contributed by atoms with Gasteiger partial charge < -0.3 is 0 Å². The van der Waals surface area contributed by atoms with E-state index in [0.29, 0.717) is 0 Å². The van der Waals surface area contributed by atoms with Crippen LogP contribution in [-0.2, 0) is 0 Å². The van der Waals surface area contributed by atoms with Gasteiger partial charge in [0, 0.05) is 0 Å². The Hall–Kier alpha value is -1.04. The first-order valence-corrected chi connectivity index (χ1v) is 5.52. The zero-order chi connectivity index (χ0) is 9.90. The number of allylic oxidation sites excluding steroid dienone is 8. The van der Waals surface area contributed by atoms with E-state index in [1.54, 1.807) is 0 Å². The average Bonchev–Trinajstić information content (AvgIpc) is 2.22. The lowest BCUT2D eigenvalue weighted by molar-refractivity contribution is 0.856. The van der Waals surface area contributed by atoms with Crippen molar-refractivity contribution in [3.05, 3.63) is 48.6 Å².